The van der Waals surface area contributed by atoms with Crippen LogP contribution in [0.15, 0.2) is 23.2 Å². The zero-order valence-corrected chi connectivity index (χ0v) is 19.5. The number of nitrogens with zero attached hydrogens (tertiary/aromatic N) is 2. The highest BCUT2D eigenvalue weighted by Crippen LogP contribution is 2.35. The predicted molar refractivity (Wildman–Crippen MR) is 122 cm³/mol. The van der Waals surface area contributed by atoms with E-state index in [1.165, 1.54) is 12.0 Å². The monoisotopic (exact) mass is 417 g/mol. The minimum absolute atomic E-state index is 0.153. The van der Waals surface area contributed by atoms with Gasteiger partial charge >= 0.3 is 0 Å². The zero-order valence-electron chi connectivity index (χ0n) is 19.5. The fourth-order valence-corrected chi connectivity index (χ4v) is 4.85. The lowest BCUT2D eigenvalue weighted by atomic mass is 9.78. The molecule has 3 rings (SSSR count). The van der Waals surface area contributed by atoms with Crippen LogP contribution in [0.5, 0.6) is 11.5 Å². The molecule has 0 radical (unpaired) electrons. The van der Waals surface area contributed by atoms with Crippen LogP contribution in [0.25, 0.3) is 0 Å². The second-order valence-electron chi connectivity index (χ2n) is 9.57. The summed E-state index contributed by atoms with van der Waals surface area (Å²) in [5, 5.41) is 3.65. The molecular formula is C24H39N3O3. The lowest BCUT2D eigenvalue weighted by molar-refractivity contribution is -0.0836. The summed E-state index contributed by atoms with van der Waals surface area (Å²) in [7, 11) is 5.28. The number of likely N-dealkylation sites (tertiary alicyclic amines) is 1. The Labute approximate surface area is 182 Å². The van der Waals surface area contributed by atoms with Gasteiger partial charge in [-0.05, 0) is 42.4 Å². The van der Waals surface area contributed by atoms with Gasteiger partial charge in [-0.25, -0.2) is 0 Å². The third kappa shape index (κ3) is 5.39. The van der Waals surface area contributed by atoms with E-state index in [2.05, 4.69) is 48.1 Å². The Morgan fingerprint density at radius 1 is 1.17 bits per heavy atom. The summed E-state index contributed by atoms with van der Waals surface area (Å²) in [6.07, 6.45) is 3.72. The Morgan fingerprint density at radius 3 is 2.47 bits per heavy atom. The van der Waals surface area contributed by atoms with Crippen LogP contribution < -0.4 is 14.8 Å². The van der Waals surface area contributed by atoms with Crippen molar-refractivity contribution in [1.82, 2.24) is 10.2 Å². The molecule has 1 aromatic carbocycles. The maximum Gasteiger partial charge on any atom is 0.193 e. The Morgan fingerprint density at radius 2 is 1.87 bits per heavy atom. The first kappa shape index (κ1) is 22.7. The van der Waals surface area contributed by atoms with Crippen molar-refractivity contribution in [3.8, 4) is 11.5 Å². The maximum absolute atomic E-state index is 6.15. The summed E-state index contributed by atoms with van der Waals surface area (Å²) in [6.45, 7) is 10.6. The normalized spacial score (nSPS) is 25.3. The van der Waals surface area contributed by atoms with E-state index in [0.717, 1.165) is 56.5 Å². The van der Waals surface area contributed by atoms with Crippen LogP contribution in [-0.4, -0.2) is 64.5 Å². The molecule has 0 saturated carbocycles. The average Bonchev–Trinajstić information content (AvgIpc) is 3.23. The van der Waals surface area contributed by atoms with Crippen molar-refractivity contribution in [2.75, 3.05) is 47.5 Å². The molecule has 0 spiro atoms. The summed E-state index contributed by atoms with van der Waals surface area (Å²) in [5.74, 6) is 3.63. The van der Waals surface area contributed by atoms with Gasteiger partial charge in [0.05, 0.1) is 20.3 Å². The number of methoxy groups -OCH3 is 2. The number of rotatable bonds is 5. The highest BCUT2D eigenvalue weighted by molar-refractivity contribution is 5.80. The van der Waals surface area contributed by atoms with E-state index in [1.54, 1.807) is 14.2 Å². The minimum atomic E-state index is 0.153. The van der Waals surface area contributed by atoms with E-state index >= 15 is 0 Å². The molecule has 6 heteroatoms. The van der Waals surface area contributed by atoms with E-state index in [-0.39, 0.29) is 11.5 Å². The molecule has 0 bridgehead atoms. The standard InChI is InChI=1S/C24H39N3O3/c1-24(2,3)22-17(8-7-11-30-22)15-26-23(25-4)27-10-9-18(16-27)19-12-20(28-5)14-21(13-19)29-6/h12-14,17-18,22H,7-11,15-16H2,1-6H3,(H,25,26). The van der Waals surface area contributed by atoms with Gasteiger partial charge in [0.1, 0.15) is 11.5 Å². The third-order valence-corrected chi connectivity index (χ3v) is 6.37. The number of benzene rings is 1. The topological polar surface area (TPSA) is 55.3 Å². The van der Waals surface area contributed by atoms with Crippen LogP contribution in [0.2, 0.25) is 0 Å². The molecule has 2 aliphatic rings. The zero-order chi connectivity index (χ0) is 21.7. The highest BCUT2D eigenvalue weighted by Gasteiger charge is 2.36. The van der Waals surface area contributed by atoms with Gasteiger partial charge in [-0.2, -0.15) is 0 Å². The van der Waals surface area contributed by atoms with Crippen LogP contribution >= 0.6 is 0 Å². The van der Waals surface area contributed by atoms with E-state index in [4.69, 9.17) is 14.2 Å². The molecule has 3 unspecified atom stereocenters. The second kappa shape index (κ2) is 9.90. The Bertz CT molecular complexity index is 707. The first-order chi connectivity index (χ1) is 14.4. The van der Waals surface area contributed by atoms with E-state index < -0.39 is 0 Å². The second-order valence-corrected chi connectivity index (χ2v) is 9.57. The molecule has 30 heavy (non-hydrogen) atoms. The lowest BCUT2D eigenvalue weighted by Crippen LogP contribution is -2.48. The SMILES string of the molecule is CN=C(NCC1CCCOC1C(C)(C)C)N1CCC(c2cc(OC)cc(OC)c2)C1. The molecule has 0 aliphatic carbocycles. The molecule has 2 fully saturated rings. The van der Waals surface area contributed by atoms with Crippen LogP contribution in [0.1, 0.15) is 51.5 Å². The summed E-state index contributed by atoms with van der Waals surface area (Å²) in [6, 6.07) is 6.18. The average molecular weight is 418 g/mol. The van der Waals surface area contributed by atoms with Crippen molar-refractivity contribution >= 4 is 5.96 Å². The Kier molecular flexibility index (Phi) is 7.50. The quantitative estimate of drug-likeness (QED) is 0.581. The molecule has 3 atom stereocenters. The summed E-state index contributed by atoms with van der Waals surface area (Å²) < 4.78 is 17.1. The van der Waals surface area contributed by atoms with E-state index in [9.17, 15) is 0 Å². The molecule has 1 N–H and O–H groups in total. The van der Waals surface area contributed by atoms with Crippen molar-refractivity contribution in [3.63, 3.8) is 0 Å². The van der Waals surface area contributed by atoms with Gasteiger partial charge in [-0.15, -0.1) is 0 Å². The molecule has 1 aromatic rings. The summed E-state index contributed by atoms with van der Waals surface area (Å²) in [4.78, 5) is 6.95. The van der Waals surface area contributed by atoms with Gasteiger partial charge in [0.25, 0.3) is 0 Å². The summed E-state index contributed by atoms with van der Waals surface area (Å²) in [5.41, 5.74) is 1.41. The number of aliphatic imine (C=N–C) groups is 1. The van der Waals surface area contributed by atoms with Gasteiger partial charge < -0.3 is 24.4 Å². The van der Waals surface area contributed by atoms with Crippen molar-refractivity contribution < 1.29 is 14.2 Å². The Balaban J connectivity index is 1.62. The van der Waals surface area contributed by atoms with Gasteiger partial charge in [-0.3, -0.25) is 4.99 Å². The molecule has 0 amide bonds. The Hall–Kier alpha value is -1.95. The van der Waals surface area contributed by atoms with Gasteiger partial charge in [0.15, 0.2) is 5.96 Å². The largest absolute Gasteiger partial charge is 0.497 e. The van der Waals surface area contributed by atoms with Gasteiger partial charge in [-0.1, -0.05) is 20.8 Å². The van der Waals surface area contributed by atoms with Crippen LogP contribution in [0.3, 0.4) is 0 Å². The molecule has 168 valence electrons. The smallest absolute Gasteiger partial charge is 0.193 e. The third-order valence-electron chi connectivity index (χ3n) is 6.37. The van der Waals surface area contributed by atoms with Crippen molar-refractivity contribution in [2.45, 2.75) is 52.1 Å². The molecular weight excluding hydrogens is 378 g/mol. The van der Waals surface area contributed by atoms with Crippen LogP contribution in [-0.2, 0) is 4.74 Å². The minimum Gasteiger partial charge on any atom is -0.497 e. The molecule has 2 heterocycles. The molecule has 2 saturated heterocycles. The van der Waals surface area contributed by atoms with E-state index in [1.807, 2.05) is 13.1 Å². The number of hydrogen-bond donors (Lipinski definition) is 1. The highest BCUT2D eigenvalue weighted by atomic mass is 16.5. The van der Waals surface area contributed by atoms with Crippen molar-refractivity contribution in [1.29, 1.82) is 0 Å². The van der Waals surface area contributed by atoms with Gasteiger partial charge in [0, 0.05) is 51.2 Å². The predicted octanol–water partition coefficient (Wildman–Crippen LogP) is 3.91. The fraction of sp³-hybridized carbons (Fsp3) is 0.708. The first-order valence-corrected chi connectivity index (χ1v) is 11.2. The summed E-state index contributed by atoms with van der Waals surface area (Å²) >= 11 is 0. The van der Waals surface area contributed by atoms with Crippen LogP contribution in [0.4, 0.5) is 0 Å². The lowest BCUT2D eigenvalue weighted by Gasteiger charge is -2.40. The molecule has 2 aliphatic heterocycles. The van der Waals surface area contributed by atoms with Crippen molar-refractivity contribution in [2.24, 2.45) is 16.3 Å². The number of hydrogen-bond acceptors (Lipinski definition) is 4. The fourth-order valence-electron chi connectivity index (χ4n) is 4.85. The van der Waals surface area contributed by atoms with Crippen LogP contribution in [0, 0.1) is 11.3 Å². The van der Waals surface area contributed by atoms with Crippen molar-refractivity contribution in [3.05, 3.63) is 23.8 Å². The van der Waals surface area contributed by atoms with E-state index in [0.29, 0.717) is 11.8 Å². The maximum atomic E-state index is 6.15. The number of guanidine groups is 1. The molecule has 0 aromatic heterocycles. The van der Waals surface area contributed by atoms with Gasteiger partial charge in [0.2, 0.25) is 0 Å². The number of nitrogens with one attached hydrogen (secondary N) is 1. The number of ether oxygens (including phenoxy) is 3. The molecule has 6 nitrogen and oxygen atoms in total. The first-order valence-electron chi connectivity index (χ1n) is 11.2.